The molecule has 0 atom stereocenters. The maximum absolute atomic E-state index is 2.37. The van der Waals surface area contributed by atoms with Crippen molar-refractivity contribution in [3.63, 3.8) is 0 Å². The third-order valence-corrected chi connectivity index (χ3v) is 9.42. The number of aromatic nitrogens is 2. The lowest BCUT2D eigenvalue weighted by atomic mass is 9.95. The first kappa shape index (κ1) is 27.2. The summed E-state index contributed by atoms with van der Waals surface area (Å²) in [7, 11) is 0. The van der Waals surface area contributed by atoms with Gasteiger partial charge in [0.15, 0.2) is 0 Å². The fraction of sp³-hybridized carbons (Fsp3) is 0.0222. The van der Waals surface area contributed by atoms with E-state index in [0.717, 1.165) is 11.4 Å². The van der Waals surface area contributed by atoms with Crippen LogP contribution in [-0.4, -0.2) is 9.13 Å². The number of benzene rings is 7. The maximum atomic E-state index is 2.37. The lowest BCUT2D eigenvalue weighted by molar-refractivity contribution is 1.18. The van der Waals surface area contributed by atoms with Crippen molar-refractivity contribution in [2.75, 3.05) is 0 Å². The molecule has 0 aliphatic heterocycles. The number of hydrogen-bond donors (Lipinski definition) is 0. The average Bonchev–Trinajstić information content (AvgIpc) is 3.65. The predicted octanol–water partition coefficient (Wildman–Crippen LogP) is 11.8. The first-order chi connectivity index (χ1) is 23.2. The molecule has 2 aromatic heterocycles. The van der Waals surface area contributed by atoms with Crippen LogP contribution < -0.4 is 0 Å². The lowest BCUT2D eigenvalue weighted by Crippen LogP contribution is -1.96. The van der Waals surface area contributed by atoms with Gasteiger partial charge in [0.25, 0.3) is 0 Å². The summed E-state index contributed by atoms with van der Waals surface area (Å²) in [5, 5.41) is 5.09. The molecule has 0 spiro atoms. The number of rotatable bonds is 5. The van der Waals surface area contributed by atoms with Crippen LogP contribution in [0.25, 0.3) is 66.6 Å². The lowest BCUT2D eigenvalue weighted by Gasteiger charge is -2.14. The third-order valence-electron chi connectivity index (χ3n) is 9.42. The third kappa shape index (κ3) is 4.57. The fourth-order valence-electron chi connectivity index (χ4n) is 7.14. The Balaban J connectivity index is 1.16. The topological polar surface area (TPSA) is 9.86 Å². The summed E-state index contributed by atoms with van der Waals surface area (Å²) in [5.41, 5.74) is 13.2. The zero-order valence-corrected chi connectivity index (χ0v) is 26.1. The molecule has 0 aliphatic carbocycles. The molecule has 0 saturated carbocycles. The molecule has 9 rings (SSSR count). The first-order valence-electron chi connectivity index (χ1n) is 16.2. The summed E-state index contributed by atoms with van der Waals surface area (Å²) in [6, 6.07) is 61.5. The number of fused-ring (bicyclic) bond motifs is 6. The van der Waals surface area contributed by atoms with Crippen molar-refractivity contribution in [1.29, 1.82) is 0 Å². The van der Waals surface area contributed by atoms with Gasteiger partial charge in [-0.2, -0.15) is 0 Å². The van der Waals surface area contributed by atoms with Gasteiger partial charge in [0.2, 0.25) is 0 Å². The van der Waals surface area contributed by atoms with Crippen LogP contribution >= 0.6 is 0 Å². The van der Waals surface area contributed by atoms with Crippen molar-refractivity contribution in [3.05, 3.63) is 192 Å². The minimum absolute atomic E-state index is 1.16. The highest BCUT2D eigenvalue weighted by atomic mass is 15.0. The summed E-state index contributed by atoms with van der Waals surface area (Å²) in [4.78, 5) is 0. The zero-order chi connectivity index (χ0) is 31.3. The molecule has 0 fully saturated rings. The molecule has 0 unspecified atom stereocenters. The van der Waals surface area contributed by atoms with E-state index in [-0.39, 0.29) is 0 Å². The van der Waals surface area contributed by atoms with Gasteiger partial charge >= 0.3 is 0 Å². The normalized spacial score (nSPS) is 11.5. The summed E-state index contributed by atoms with van der Waals surface area (Å²) in [6.07, 6.45) is 2.31. The van der Waals surface area contributed by atoms with Crippen molar-refractivity contribution in [3.8, 4) is 11.4 Å². The van der Waals surface area contributed by atoms with Gasteiger partial charge in [-0.25, -0.2) is 0 Å². The van der Waals surface area contributed by atoms with Gasteiger partial charge in [-0.15, -0.1) is 0 Å². The van der Waals surface area contributed by atoms with Crippen LogP contribution in [0.5, 0.6) is 0 Å². The molecule has 0 bridgehead atoms. The van der Waals surface area contributed by atoms with E-state index in [4.69, 9.17) is 0 Å². The molecule has 2 heterocycles. The molecule has 0 aliphatic rings. The van der Waals surface area contributed by atoms with Gasteiger partial charge in [0, 0.05) is 32.9 Å². The summed E-state index contributed by atoms with van der Waals surface area (Å²) < 4.78 is 4.75. The van der Waals surface area contributed by atoms with Crippen LogP contribution in [-0.2, 0) is 0 Å². The maximum Gasteiger partial charge on any atom is 0.0541 e. The Morgan fingerprint density at radius 2 is 0.723 bits per heavy atom. The number of para-hydroxylation sites is 4. The number of aryl methyl sites for hydroxylation is 1. The molecule has 222 valence electrons. The zero-order valence-electron chi connectivity index (χ0n) is 26.1. The van der Waals surface area contributed by atoms with Gasteiger partial charge in [-0.3, -0.25) is 0 Å². The quantitative estimate of drug-likeness (QED) is 0.174. The molecule has 0 saturated heterocycles. The van der Waals surface area contributed by atoms with Crippen LogP contribution in [0, 0.1) is 6.92 Å². The van der Waals surface area contributed by atoms with E-state index in [1.165, 1.54) is 71.4 Å². The molecule has 7 aromatic carbocycles. The Hall–Kier alpha value is -6.12. The van der Waals surface area contributed by atoms with Crippen LogP contribution in [0.3, 0.4) is 0 Å². The Bertz CT molecular complexity index is 2330. The Morgan fingerprint density at radius 3 is 1.09 bits per heavy atom. The molecule has 0 N–H and O–H groups in total. The van der Waals surface area contributed by atoms with E-state index in [9.17, 15) is 0 Å². The molecule has 0 radical (unpaired) electrons. The summed E-state index contributed by atoms with van der Waals surface area (Å²) >= 11 is 0. The highest BCUT2D eigenvalue weighted by Crippen LogP contribution is 2.35. The highest BCUT2D eigenvalue weighted by molar-refractivity contribution is 6.10. The largest absolute Gasteiger partial charge is 0.309 e. The van der Waals surface area contributed by atoms with Crippen molar-refractivity contribution in [1.82, 2.24) is 9.13 Å². The van der Waals surface area contributed by atoms with Gasteiger partial charge in [0.1, 0.15) is 0 Å². The van der Waals surface area contributed by atoms with Crippen molar-refractivity contribution < 1.29 is 0 Å². The van der Waals surface area contributed by atoms with Crippen LogP contribution in [0.2, 0.25) is 0 Å². The van der Waals surface area contributed by atoms with Crippen LogP contribution in [0.4, 0.5) is 0 Å². The SMILES string of the molecule is Cc1ccc(C=C(c2ccc(-n3c4ccccc4c4ccccc43)cc2)c2ccc(-n3c4ccccc4c4ccccc43)cc2)cc1. The van der Waals surface area contributed by atoms with Crippen LogP contribution in [0.1, 0.15) is 22.3 Å². The monoisotopic (exact) mass is 600 g/mol. The average molecular weight is 601 g/mol. The molecule has 9 aromatic rings. The first-order valence-corrected chi connectivity index (χ1v) is 16.2. The second kappa shape index (κ2) is 11.0. The predicted molar refractivity (Wildman–Crippen MR) is 200 cm³/mol. The second-order valence-electron chi connectivity index (χ2n) is 12.3. The number of hydrogen-bond acceptors (Lipinski definition) is 0. The highest BCUT2D eigenvalue weighted by Gasteiger charge is 2.14. The Morgan fingerprint density at radius 1 is 0.383 bits per heavy atom. The van der Waals surface area contributed by atoms with E-state index < -0.39 is 0 Å². The van der Waals surface area contributed by atoms with E-state index in [1.54, 1.807) is 0 Å². The van der Waals surface area contributed by atoms with Gasteiger partial charge in [-0.1, -0.05) is 127 Å². The smallest absolute Gasteiger partial charge is 0.0541 e. The Labute approximate surface area is 274 Å². The molecule has 2 heteroatoms. The van der Waals surface area contributed by atoms with E-state index in [2.05, 4.69) is 192 Å². The molecular formula is C45H32N2. The molecule has 0 amide bonds. The summed E-state index contributed by atoms with van der Waals surface area (Å²) in [5.74, 6) is 0. The summed E-state index contributed by atoms with van der Waals surface area (Å²) in [6.45, 7) is 2.13. The van der Waals surface area contributed by atoms with Crippen molar-refractivity contribution in [2.24, 2.45) is 0 Å². The van der Waals surface area contributed by atoms with Gasteiger partial charge in [0.05, 0.1) is 22.1 Å². The molecule has 2 nitrogen and oxygen atoms in total. The van der Waals surface area contributed by atoms with E-state index in [0.29, 0.717) is 0 Å². The Kier molecular flexibility index (Phi) is 6.39. The minimum Gasteiger partial charge on any atom is -0.309 e. The van der Waals surface area contributed by atoms with Crippen molar-refractivity contribution >= 4 is 55.3 Å². The van der Waals surface area contributed by atoms with Crippen LogP contribution in [0.15, 0.2) is 170 Å². The van der Waals surface area contributed by atoms with E-state index in [1.807, 2.05) is 0 Å². The van der Waals surface area contributed by atoms with Crippen molar-refractivity contribution in [2.45, 2.75) is 6.92 Å². The molecular weight excluding hydrogens is 569 g/mol. The van der Waals surface area contributed by atoms with Gasteiger partial charge < -0.3 is 9.13 Å². The standard InChI is InChI=1S/C45H32N2/c1-31-18-20-32(21-19-31)30-41(33-22-26-35(27-23-33)46-42-14-6-2-10-37(42)38-11-3-7-15-43(38)46)34-24-28-36(29-25-34)47-44-16-8-4-12-39(44)40-13-5-9-17-45(40)47/h2-30H,1H3. The second-order valence-corrected chi connectivity index (χ2v) is 12.3. The minimum atomic E-state index is 1.16. The fourth-order valence-corrected chi connectivity index (χ4v) is 7.14. The van der Waals surface area contributed by atoms with Gasteiger partial charge in [-0.05, 0) is 83.8 Å². The van der Waals surface area contributed by atoms with E-state index >= 15 is 0 Å². The number of nitrogens with zero attached hydrogens (tertiary/aromatic N) is 2. The molecule has 47 heavy (non-hydrogen) atoms.